The summed E-state index contributed by atoms with van der Waals surface area (Å²) in [5, 5.41) is 29.0. The van der Waals surface area contributed by atoms with Crippen LogP contribution in [0.2, 0.25) is 0 Å². The minimum absolute atomic E-state index is 0.192. The van der Waals surface area contributed by atoms with Crippen LogP contribution in [-0.4, -0.2) is 33.4 Å². The molecule has 19 heavy (non-hydrogen) atoms. The van der Waals surface area contributed by atoms with Crippen LogP contribution in [0.5, 0.6) is 0 Å². The fraction of sp³-hybridized carbons (Fsp3) is 0.571. The van der Waals surface area contributed by atoms with E-state index in [1.54, 1.807) is 13.8 Å². The summed E-state index contributed by atoms with van der Waals surface area (Å²) in [4.78, 5) is 22.9. The molecule has 0 amide bonds. The van der Waals surface area contributed by atoms with E-state index >= 15 is 0 Å². The largest absolute Gasteiger partial charge is 0.481 e. The second kappa shape index (κ2) is 5.17. The van der Waals surface area contributed by atoms with Crippen molar-refractivity contribution in [1.82, 2.24) is 0 Å². The third-order valence-electron chi connectivity index (χ3n) is 4.06. The molecule has 0 saturated carbocycles. The van der Waals surface area contributed by atoms with Crippen molar-refractivity contribution < 1.29 is 24.9 Å². The highest BCUT2D eigenvalue weighted by Crippen LogP contribution is 2.46. The molecule has 0 aromatic carbocycles. The second-order valence-corrected chi connectivity index (χ2v) is 4.92. The van der Waals surface area contributed by atoms with E-state index in [9.17, 15) is 24.9 Å². The van der Waals surface area contributed by atoms with Gasteiger partial charge in [0.2, 0.25) is 0 Å². The third kappa shape index (κ3) is 2.08. The SMILES string of the molecule is CCC1=C(C(=O)O)C(O)C(C)(C(=O)O)C(CC)=C1C. The molecule has 0 aliphatic heterocycles. The van der Waals surface area contributed by atoms with E-state index in [2.05, 4.69) is 0 Å². The van der Waals surface area contributed by atoms with Gasteiger partial charge in [-0.25, -0.2) is 4.79 Å². The molecule has 3 N–H and O–H groups in total. The number of hydrogen-bond donors (Lipinski definition) is 3. The Balaban J connectivity index is 3.68. The fourth-order valence-corrected chi connectivity index (χ4v) is 2.97. The lowest BCUT2D eigenvalue weighted by molar-refractivity contribution is -0.151. The van der Waals surface area contributed by atoms with Crippen LogP contribution in [0.3, 0.4) is 0 Å². The second-order valence-electron chi connectivity index (χ2n) is 4.92. The minimum Gasteiger partial charge on any atom is -0.481 e. The van der Waals surface area contributed by atoms with Crippen molar-refractivity contribution in [3.8, 4) is 0 Å². The standard InChI is InChI=1S/C14H20O5/c1-5-8-7(3)9(6-2)14(4,13(18)19)11(15)10(8)12(16)17/h11,15H,5-6H2,1-4H3,(H,16,17)(H,18,19). The predicted octanol–water partition coefficient (Wildman–Crippen LogP) is 1.97. The summed E-state index contributed by atoms with van der Waals surface area (Å²) in [6.07, 6.45) is -0.623. The van der Waals surface area contributed by atoms with Gasteiger partial charge in [0, 0.05) is 0 Å². The van der Waals surface area contributed by atoms with Gasteiger partial charge < -0.3 is 15.3 Å². The Bertz CT molecular complexity index is 486. The summed E-state index contributed by atoms with van der Waals surface area (Å²) in [7, 11) is 0. The molecule has 0 saturated heterocycles. The Morgan fingerprint density at radius 2 is 1.74 bits per heavy atom. The predicted molar refractivity (Wildman–Crippen MR) is 69.7 cm³/mol. The minimum atomic E-state index is -1.58. The number of carboxylic acid groups (broad SMARTS) is 2. The molecule has 5 heteroatoms. The molecule has 0 bridgehead atoms. The molecule has 1 rings (SSSR count). The van der Waals surface area contributed by atoms with Crippen molar-refractivity contribution in [2.45, 2.75) is 46.6 Å². The highest BCUT2D eigenvalue weighted by molar-refractivity contribution is 5.94. The Kier molecular flexibility index (Phi) is 4.20. The number of carboxylic acids is 2. The lowest BCUT2D eigenvalue weighted by Gasteiger charge is -2.39. The van der Waals surface area contributed by atoms with Gasteiger partial charge in [0.15, 0.2) is 0 Å². The smallest absolute Gasteiger partial charge is 0.334 e. The molecule has 5 nitrogen and oxygen atoms in total. The molecular weight excluding hydrogens is 248 g/mol. The zero-order valence-electron chi connectivity index (χ0n) is 11.6. The van der Waals surface area contributed by atoms with Crippen LogP contribution in [0.25, 0.3) is 0 Å². The number of hydrogen-bond acceptors (Lipinski definition) is 3. The van der Waals surface area contributed by atoms with Gasteiger partial charge in [-0.2, -0.15) is 0 Å². The molecule has 0 aromatic rings. The molecule has 0 aromatic heterocycles. The normalized spacial score (nSPS) is 27.7. The Morgan fingerprint density at radius 3 is 2.05 bits per heavy atom. The van der Waals surface area contributed by atoms with Gasteiger partial charge in [0.1, 0.15) is 11.5 Å². The number of carbonyl (C=O) groups is 2. The maximum Gasteiger partial charge on any atom is 0.334 e. The first-order valence-electron chi connectivity index (χ1n) is 6.31. The molecule has 2 unspecified atom stereocenters. The summed E-state index contributed by atoms with van der Waals surface area (Å²) in [6.45, 7) is 6.72. The van der Waals surface area contributed by atoms with Gasteiger partial charge in [-0.1, -0.05) is 13.8 Å². The summed E-state index contributed by atoms with van der Waals surface area (Å²) >= 11 is 0. The maximum absolute atomic E-state index is 11.6. The van der Waals surface area contributed by atoms with Crippen LogP contribution in [0.15, 0.2) is 22.3 Å². The first-order valence-corrected chi connectivity index (χ1v) is 6.31. The Hall–Kier alpha value is -1.62. The Morgan fingerprint density at radius 1 is 1.21 bits per heavy atom. The van der Waals surface area contributed by atoms with Crippen LogP contribution in [0, 0.1) is 5.41 Å². The van der Waals surface area contributed by atoms with E-state index in [1.807, 2.05) is 6.92 Å². The monoisotopic (exact) mass is 268 g/mol. The molecule has 1 aliphatic rings. The van der Waals surface area contributed by atoms with Gasteiger partial charge in [0.25, 0.3) is 0 Å². The van der Waals surface area contributed by atoms with E-state index in [0.29, 0.717) is 29.6 Å². The highest BCUT2D eigenvalue weighted by Gasteiger charge is 2.50. The van der Waals surface area contributed by atoms with Crippen LogP contribution >= 0.6 is 0 Å². The van der Waals surface area contributed by atoms with Crippen molar-refractivity contribution in [2.24, 2.45) is 5.41 Å². The van der Waals surface area contributed by atoms with Crippen molar-refractivity contribution >= 4 is 11.9 Å². The highest BCUT2D eigenvalue weighted by atomic mass is 16.4. The molecule has 0 radical (unpaired) electrons. The van der Waals surface area contributed by atoms with Crippen LogP contribution in [0.1, 0.15) is 40.5 Å². The molecule has 1 aliphatic carbocycles. The summed E-state index contributed by atoms with van der Waals surface area (Å²) in [5.74, 6) is -2.46. The third-order valence-corrected chi connectivity index (χ3v) is 4.06. The summed E-state index contributed by atoms with van der Waals surface area (Å²) in [5.41, 5.74) is 0.0372. The zero-order valence-corrected chi connectivity index (χ0v) is 11.6. The Labute approximate surface area is 112 Å². The van der Waals surface area contributed by atoms with E-state index in [0.717, 1.165) is 0 Å². The zero-order chi connectivity index (χ0) is 15.0. The van der Waals surface area contributed by atoms with Gasteiger partial charge in [-0.3, -0.25) is 4.79 Å². The molecule has 0 spiro atoms. The number of allylic oxidation sites excluding steroid dienone is 2. The average Bonchev–Trinajstić information content (AvgIpc) is 2.33. The lowest BCUT2D eigenvalue weighted by Crippen LogP contribution is -2.47. The topological polar surface area (TPSA) is 94.8 Å². The number of aliphatic hydroxyl groups excluding tert-OH is 1. The molecule has 2 atom stereocenters. The molecule has 106 valence electrons. The summed E-state index contributed by atoms with van der Waals surface area (Å²) in [6, 6.07) is 0. The first-order chi connectivity index (χ1) is 8.73. The number of aliphatic carboxylic acids is 2. The van der Waals surface area contributed by atoms with Crippen LogP contribution < -0.4 is 0 Å². The number of aliphatic hydroxyl groups is 1. The van der Waals surface area contributed by atoms with E-state index in [4.69, 9.17) is 0 Å². The van der Waals surface area contributed by atoms with Gasteiger partial charge in [0.05, 0.1) is 5.57 Å². The molecular formula is C14H20O5. The van der Waals surface area contributed by atoms with E-state index in [-0.39, 0.29) is 5.57 Å². The van der Waals surface area contributed by atoms with Crippen LogP contribution in [0.4, 0.5) is 0 Å². The van der Waals surface area contributed by atoms with Crippen LogP contribution in [-0.2, 0) is 9.59 Å². The van der Waals surface area contributed by atoms with Gasteiger partial charge in [-0.15, -0.1) is 0 Å². The van der Waals surface area contributed by atoms with Crippen molar-refractivity contribution in [2.75, 3.05) is 0 Å². The quantitative estimate of drug-likeness (QED) is 0.724. The molecule has 0 fully saturated rings. The van der Waals surface area contributed by atoms with E-state index in [1.165, 1.54) is 6.92 Å². The molecule has 0 heterocycles. The van der Waals surface area contributed by atoms with Gasteiger partial charge in [-0.05, 0) is 43.4 Å². The van der Waals surface area contributed by atoms with Gasteiger partial charge >= 0.3 is 11.9 Å². The van der Waals surface area contributed by atoms with E-state index < -0.39 is 23.5 Å². The lowest BCUT2D eigenvalue weighted by atomic mass is 9.65. The van der Waals surface area contributed by atoms with Crippen molar-refractivity contribution in [3.05, 3.63) is 22.3 Å². The maximum atomic E-state index is 11.6. The number of rotatable bonds is 4. The fourth-order valence-electron chi connectivity index (χ4n) is 2.97. The van der Waals surface area contributed by atoms with Crippen molar-refractivity contribution in [1.29, 1.82) is 0 Å². The first kappa shape index (κ1) is 15.4. The average molecular weight is 268 g/mol. The van der Waals surface area contributed by atoms with Crippen molar-refractivity contribution in [3.63, 3.8) is 0 Å². The summed E-state index contributed by atoms with van der Waals surface area (Å²) < 4.78 is 0.